The lowest BCUT2D eigenvalue weighted by molar-refractivity contribution is -0.147. The molecule has 1 aliphatic heterocycles. The molecular formula is C10H14O2. The molecule has 3 fully saturated rings. The molecule has 2 heteroatoms. The Labute approximate surface area is 72.3 Å². The lowest BCUT2D eigenvalue weighted by Crippen LogP contribution is -2.35. The van der Waals surface area contributed by atoms with Crippen molar-refractivity contribution in [1.29, 1.82) is 0 Å². The Morgan fingerprint density at radius 1 is 1.50 bits per heavy atom. The van der Waals surface area contributed by atoms with Crippen molar-refractivity contribution in [1.82, 2.24) is 0 Å². The summed E-state index contributed by atoms with van der Waals surface area (Å²) in [5, 5.41) is 0. The molecule has 0 aromatic rings. The van der Waals surface area contributed by atoms with E-state index in [4.69, 9.17) is 4.74 Å². The number of esters is 1. The SMILES string of the molecule is C[C@@]12C(=O)OC[C@@H]1[C@@H]1CC[C@H]2C1. The van der Waals surface area contributed by atoms with Gasteiger partial charge in [0.05, 0.1) is 12.0 Å². The predicted molar refractivity (Wildman–Crippen MR) is 43.4 cm³/mol. The predicted octanol–water partition coefficient (Wildman–Crippen LogP) is 1.60. The van der Waals surface area contributed by atoms with Gasteiger partial charge >= 0.3 is 5.97 Å². The van der Waals surface area contributed by atoms with Gasteiger partial charge in [-0.15, -0.1) is 0 Å². The van der Waals surface area contributed by atoms with Crippen LogP contribution < -0.4 is 0 Å². The van der Waals surface area contributed by atoms with Crippen molar-refractivity contribution < 1.29 is 9.53 Å². The van der Waals surface area contributed by atoms with Gasteiger partial charge in [0.1, 0.15) is 0 Å². The van der Waals surface area contributed by atoms with Gasteiger partial charge in [0, 0.05) is 5.92 Å². The number of ether oxygens (including phenoxy) is 1. The Morgan fingerprint density at radius 2 is 2.33 bits per heavy atom. The summed E-state index contributed by atoms with van der Waals surface area (Å²) in [7, 11) is 0. The largest absolute Gasteiger partial charge is 0.465 e. The first-order valence-corrected chi connectivity index (χ1v) is 4.90. The molecule has 66 valence electrons. The van der Waals surface area contributed by atoms with Crippen molar-refractivity contribution in [2.24, 2.45) is 23.2 Å². The van der Waals surface area contributed by atoms with E-state index in [-0.39, 0.29) is 11.4 Å². The Bertz CT molecular complexity index is 248. The van der Waals surface area contributed by atoms with E-state index in [0.717, 1.165) is 5.92 Å². The highest BCUT2D eigenvalue weighted by Gasteiger charge is 2.63. The third-order valence-corrected chi connectivity index (χ3v) is 4.49. The summed E-state index contributed by atoms with van der Waals surface area (Å²) in [5.41, 5.74) is -0.0804. The highest BCUT2D eigenvalue weighted by molar-refractivity contribution is 5.80. The van der Waals surface area contributed by atoms with Crippen LogP contribution >= 0.6 is 0 Å². The third kappa shape index (κ3) is 0.540. The summed E-state index contributed by atoms with van der Waals surface area (Å²) in [4.78, 5) is 11.5. The summed E-state index contributed by atoms with van der Waals surface area (Å²) in [6, 6.07) is 0. The van der Waals surface area contributed by atoms with Gasteiger partial charge in [-0.25, -0.2) is 0 Å². The van der Waals surface area contributed by atoms with Crippen LogP contribution in [-0.4, -0.2) is 12.6 Å². The molecule has 0 aromatic carbocycles. The lowest BCUT2D eigenvalue weighted by atomic mass is 9.69. The summed E-state index contributed by atoms with van der Waals surface area (Å²) in [6.45, 7) is 2.83. The van der Waals surface area contributed by atoms with E-state index in [1.165, 1.54) is 19.3 Å². The molecular weight excluding hydrogens is 152 g/mol. The van der Waals surface area contributed by atoms with Gasteiger partial charge in [0.25, 0.3) is 0 Å². The van der Waals surface area contributed by atoms with E-state index in [9.17, 15) is 4.79 Å². The van der Waals surface area contributed by atoms with E-state index in [0.29, 0.717) is 18.4 Å². The molecule has 2 saturated carbocycles. The second-order valence-corrected chi connectivity index (χ2v) is 4.76. The van der Waals surface area contributed by atoms with Crippen LogP contribution in [0.3, 0.4) is 0 Å². The van der Waals surface area contributed by atoms with Gasteiger partial charge in [0.2, 0.25) is 0 Å². The van der Waals surface area contributed by atoms with Crippen molar-refractivity contribution in [3.05, 3.63) is 0 Å². The molecule has 1 heterocycles. The average molecular weight is 166 g/mol. The number of rotatable bonds is 0. The zero-order valence-corrected chi connectivity index (χ0v) is 7.38. The van der Waals surface area contributed by atoms with Gasteiger partial charge in [-0.3, -0.25) is 4.79 Å². The number of hydrogen-bond acceptors (Lipinski definition) is 2. The molecule has 3 rings (SSSR count). The average Bonchev–Trinajstić information content (AvgIpc) is 2.65. The van der Waals surface area contributed by atoms with Crippen LogP contribution in [0.2, 0.25) is 0 Å². The summed E-state index contributed by atoms with van der Waals surface area (Å²) in [5.74, 6) is 2.08. The van der Waals surface area contributed by atoms with Crippen molar-refractivity contribution >= 4 is 5.97 Å². The molecule has 0 N–H and O–H groups in total. The second kappa shape index (κ2) is 1.86. The number of hydrogen-bond donors (Lipinski definition) is 0. The Kier molecular flexibility index (Phi) is 1.07. The third-order valence-electron chi connectivity index (χ3n) is 4.49. The highest BCUT2D eigenvalue weighted by atomic mass is 16.5. The number of carbonyl (C=O) groups is 1. The van der Waals surface area contributed by atoms with Crippen LogP contribution in [0.4, 0.5) is 0 Å². The molecule has 12 heavy (non-hydrogen) atoms. The number of carbonyl (C=O) groups excluding carboxylic acids is 1. The lowest BCUT2D eigenvalue weighted by Gasteiger charge is -2.30. The van der Waals surface area contributed by atoms with Gasteiger partial charge in [-0.05, 0) is 38.0 Å². The highest BCUT2D eigenvalue weighted by Crippen LogP contribution is 2.62. The van der Waals surface area contributed by atoms with Crippen LogP contribution in [0.1, 0.15) is 26.2 Å². The van der Waals surface area contributed by atoms with Crippen LogP contribution in [-0.2, 0) is 9.53 Å². The second-order valence-electron chi connectivity index (χ2n) is 4.76. The van der Waals surface area contributed by atoms with Gasteiger partial charge in [0.15, 0.2) is 0 Å². The van der Waals surface area contributed by atoms with Crippen molar-refractivity contribution in [2.45, 2.75) is 26.2 Å². The van der Waals surface area contributed by atoms with Crippen LogP contribution in [0.25, 0.3) is 0 Å². The summed E-state index contributed by atoms with van der Waals surface area (Å²) < 4.78 is 5.16. The fraction of sp³-hybridized carbons (Fsp3) is 0.900. The standard InChI is InChI=1S/C10H14O2/c1-10-7-3-2-6(4-7)8(10)5-12-9(10)11/h6-8H,2-5H2,1H3/t6-,7+,8-,10+/m1/s1. The molecule has 4 atom stereocenters. The Balaban J connectivity index is 2.06. The quantitative estimate of drug-likeness (QED) is 0.511. The zero-order chi connectivity index (χ0) is 8.34. The molecule has 2 nitrogen and oxygen atoms in total. The first-order valence-electron chi connectivity index (χ1n) is 4.90. The van der Waals surface area contributed by atoms with E-state index in [1.54, 1.807) is 0 Å². The molecule has 0 amide bonds. The number of fused-ring (bicyclic) bond motifs is 5. The molecule has 2 bridgehead atoms. The minimum absolute atomic E-state index is 0.0804. The Morgan fingerprint density at radius 3 is 3.08 bits per heavy atom. The van der Waals surface area contributed by atoms with Crippen LogP contribution in [0, 0.1) is 23.2 Å². The first-order chi connectivity index (χ1) is 5.73. The van der Waals surface area contributed by atoms with E-state index in [2.05, 4.69) is 6.92 Å². The van der Waals surface area contributed by atoms with Crippen LogP contribution in [0.15, 0.2) is 0 Å². The maximum atomic E-state index is 11.5. The smallest absolute Gasteiger partial charge is 0.312 e. The molecule has 0 unspecified atom stereocenters. The molecule has 0 radical (unpaired) electrons. The van der Waals surface area contributed by atoms with Gasteiger partial charge in [-0.1, -0.05) is 0 Å². The molecule has 3 aliphatic rings. The summed E-state index contributed by atoms with van der Waals surface area (Å²) >= 11 is 0. The minimum Gasteiger partial charge on any atom is -0.465 e. The zero-order valence-electron chi connectivity index (χ0n) is 7.38. The van der Waals surface area contributed by atoms with Crippen LogP contribution in [0.5, 0.6) is 0 Å². The molecule has 0 aromatic heterocycles. The minimum atomic E-state index is -0.0804. The Hall–Kier alpha value is -0.530. The van der Waals surface area contributed by atoms with Gasteiger partial charge in [-0.2, -0.15) is 0 Å². The van der Waals surface area contributed by atoms with Crippen molar-refractivity contribution in [3.8, 4) is 0 Å². The number of cyclic esters (lactones) is 1. The molecule has 1 saturated heterocycles. The van der Waals surface area contributed by atoms with Crippen molar-refractivity contribution in [2.75, 3.05) is 6.61 Å². The topological polar surface area (TPSA) is 26.3 Å². The monoisotopic (exact) mass is 166 g/mol. The van der Waals surface area contributed by atoms with E-state index in [1.807, 2.05) is 0 Å². The molecule has 2 aliphatic carbocycles. The normalized spacial score (nSPS) is 55.8. The van der Waals surface area contributed by atoms with E-state index < -0.39 is 0 Å². The van der Waals surface area contributed by atoms with E-state index >= 15 is 0 Å². The summed E-state index contributed by atoms with van der Waals surface area (Å²) in [6.07, 6.45) is 3.88. The molecule has 0 spiro atoms. The fourth-order valence-electron chi connectivity index (χ4n) is 3.67. The maximum Gasteiger partial charge on any atom is 0.312 e. The van der Waals surface area contributed by atoms with Gasteiger partial charge < -0.3 is 4.74 Å². The maximum absolute atomic E-state index is 11.5. The first kappa shape index (κ1) is 6.93. The fourth-order valence-corrected chi connectivity index (χ4v) is 3.67. The van der Waals surface area contributed by atoms with Crippen molar-refractivity contribution in [3.63, 3.8) is 0 Å².